The molecule has 0 amide bonds. The molecule has 116 valence electrons. The van der Waals surface area contributed by atoms with Gasteiger partial charge in [-0.3, -0.25) is 9.69 Å². The zero-order valence-corrected chi connectivity index (χ0v) is 12.6. The van der Waals surface area contributed by atoms with Crippen LogP contribution in [0.5, 0.6) is 0 Å². The monoisotopic (exact) mass is 302 g/mol. The molecule has 1 aromatic carbocycles. The van der Waals surface area contributed by atoms with E-state index in [9.17, 15) is 9.18 Å². The lowest BCUT2D eigenvalue weighted by atomic mass is 9.81. The van der Waals surface area contributed by atoms with Crippen molar-refractivity contribution in [3.63, 3.8) is 0 Å². The van der Waals surface area contributed by atoms with Crippen molar-refractivity contribution in [3.05, 3.63) is 35.1 Å². The van der Waals surface area contributed by atoms with E-state index in [2.05, 4.69) is 11.9 Å². The molecular weight excluding hydrogens is 283 g/mol. The van der Waals surface area contributed by atoms with E-state index in [1.807, 2.05) is 6.07 Å². The Morgan fingerprint density at radius 3 is 2.68 bits per heavy atom. The van der Waals surface area contributed by atoms with Gasteiger partial charge in [0.2, 0.25) is 0 Å². The Morgan fingerprint density at radius 1 is 1.41 bits per heavy atom. The van der Waals surface area contributed by atoms with Crippen LogP contribution in [0.3, 0.4) is 0 Å². The number of piperidine rings is 1. The molecule has 0 radical (unpaired) electrons. The largest absolute Gasteiger partial charge is 0.378 e. The number of nitrogens with zero attached hydrogens (tertiary/aromatic N) is 2. The summed E-state index contributed by atoms with van der Waals surface area (Å²) in [7, 11) is 2.07. The Hall–Kier alpha value is -1.77. The van der Waals surface area contributed by atoms with Crippen molar-refractivity contribution >= 4 is 5.78 Å². The molecule has 4 nitrogen and oxygen atoms in total. The smallest absolute Gasteiger partial charge is 0.169 e. The Labute approximate surface area is 129 Å². The summed E-state index contributed by atoms with van der Waals surface area (Å²) in [6, 6.07) is 6.95. The summed E-state index contributed by atoms with van der Waals surface area (Å²) < 4.78 is 19.7. The molecule has 2 aliphatic rings. The van der Waals surface area contributed by atoms with Crippen LogP contribution in [0.2, 0.25) is 0 Å². The number of nitriles is 1. The summed E-state index contributed by atoms with van der Waals surface area (Å²) in [4.78, 5) is 14.9. The Balaban J connectivity index is 1.78. The molecule has 0 spiro atoms. The minimum atomic E-state index is -0.516. The van der Waals surface area contributed by atoms with Crippen LogP contribution in [0.25, 0.3) is 0 Å². The molecule has 2 aliphatic heterocycles. The van der Waals surface area contributed by atoms with Crippen LogP contribution in [0, 0.1) is 23.1 Å². The summed E-state index contributed by atoms with van der Waals surface area (Å²) in [6.07, 6.45) is 1.58. The van der Waals surface area contributed by atoms with Gasteiger partial charge < -0.3 is 4.74 Å². The number of ketones is 1. The zero-order chi connectivity index (χ0) is 15.7. The fourth-order valence-corrected chi connectivity index (χ4v) is 3.49. The van der Waals surface area contributed by atoms with E-state index in [1.165, 1.54) is 12.1 Å². The lowest BCUT2D eigenvalue weighted by Crippen LogP contribution is -2.55. The van der Waals surface area contributed by atoms with E-state index in [1.54, 1.807) is 6.07 Å². The zero-order valence-electron chi connectivity index (χ0n) is 12.6. The van der Waals surface area contributed by atoms with E-state index in [0.29, 0.717) is 31.6 Å². The minimum absolute atomic E-state index is 0.119. The van der Waals surface area contributed by atoms with E-state index in [4.69, 9.17) is 10.00 Å². The van der Waals surface area contributed by atoms with Crippen LogP contribution >= 0.6 is 0 Å². The summed E-state index contributed by atoms with van der Waals surface area (Å²) in [5, 5.41) is 8.65. The molecule has 0 aliphatic carbocycles. The number of halogens is 1. The van der Waals surface area contributed by atoms with Gasteiger partial charge in [0.25, 0.3) is 0 Å². The number of hydrogen-bond acceptors (Lipinski definition) is 4. The van der Waals surface area contributed by atoms with Crippen LogP contribution in [-0.4, -0.2) is 43.0 Å². The third-order valence-electron chi connectivity index (χ3n) is 4.84. The van der Waals surface area contributed by atoms with Crippen molar-refractivity contribution in [1.82, 2.24) is 4.90 Å². The van der Waals surface area contributed by atoms with Gasteiger partial charge in [0, 0.05) is 18.0 Å². The molecule has 2 heterocycles. The molecule has 2 fully saturated rings. The number of ether oxygens (including phenoxy) is 1. The maximum absolute atomic E-state index is 14.2. The van der Waals surface area contributed by atoms with Crippen LogP contribution in [0.15, 0.2) is 18.2 Å². The molecular formula is C17H19FN2O2. The molecule has 2 bridgehead atoms. The Bertz CT molecular complexity index is 612. The molecule has 22 heavy (non-hydrogen) atoms. The van der Waals surface area contributed by atoms with Crippen molar-refractivity contribution in [2.45, 2.75) is 31.3 Å². The van der Waals surface area contributed by atoms with Gasteiger partial charge in [-0.1, -0.05) is 6.07 Å². The highest BCUT2D eigenvalue weighted by atomic mass is 19.1. The van der Waals surface area contributed by atoms with Crippen molar-refractivity contribution < 1.29 is 13.9 Å². The van der Waals surface area contributed by atoms with Crippen molar-refractivity contribution in [1.29, 1.82) is 5.26 Å². The van der Waals surface area contributed by atoms with Crippen LogP contribution < -0.4 is 0 Å². The van der Waals surface area contributed by atoms with Crippen molar-refractivity contribution in [2.24, 2.45) is 5.92 Å². The SMILES string of the molecule is CN1C2COCC1CC(C(=O)c1ccc(CC#N)cc1F)C2. The van der Waals surface area contributed by atoms with Gasteiger partial charge >= 0.3 is 0 Å². The first-order chi connectivity index (χ1) is 10.6. The second-order valence-electron chi connectivity index (χ2n) is 6.19. The third kappa shape index (κ3) is 2.77. The lowest BCUT2D eigenvalue weighted by Gasteiger charge is -2.46. The molecule has 0 saturated carbocycles. The lowest BCUT2D eigenvalue weighted by molar-refractivity contribution is -0.0702. The number of benzene rings is 1. The Morgan fingerprint density at radius 2 is 2.09 bits per heavy atom. The van der Waals surface area contributed by atoms with Gasteiger partial charge in [0.05, 0.1) is 31.3 Å². The standard InChI is InChI=1S/C17H19FN2O2/c1-20-13-7-12(8-14(20)10-22-9-13)17(21)15-3-2-11(4-5-19)6-16(15)18/h2-3,6,12-14H,4,7-10H2,1H3. The van der Waals surface area contributed by atoms with E-state index < -0.39 is 5.82 Å². The highest BCUT2D eigenvalue weighted by molar-refractivity contribution is 5.98. The summed E-state index contributed by atoms with van der Waals surface area (Å²) in [6.45, 7) is 1.28. The van der Waals surface area contributed by atoms with Gasteiger partial charge in [0.15, 0.2) is 5.78 Å². The molecule has 0 aromatic heterocycles. The van der Waals surface area contributed by atoms with Gasteiger partial charge in [-0.25, -0.2) is 4.39 Å². The average molecular weight is 302 g/mol. The normalized spacial score (nSPS) is 28.1. The number of morpholine rings is 1. The van der Waals surface area contributed by atoms with Crippen LogP contribution in [-0.2, 0) is 11.2 Å². The molecule has 2 atom stereocenters. The number of carbonyl (C=O) groups excluding carboxylic acids is 1. The molecule has 3 rings (SSSR count). The second-order valence-corrected chi connectivity index (χ2v) is 6.19. The highest BCUT2D eigenvalue weighted by Crippen LogP contribution is 2.32. The van der Waals surface area contributed by atoms with Gasteiger partial charge in [-0.2, -0.15) is 5.26 Å². The van der Waals surface area contributed by atoms with Crippen LogP contribution in [0.4, 0.5) is 4.39 Å². The molecule has 2 saturated heterocycles. The fraction of sp³-hybridized carbons (Fsp3) is 0.529. The number of carbonyl (C=O) groups is 1. The first kappa shape index (κ1) is 15.1. The van der Waals surface area contributed by atoms with Crippen molar-refractivity contribution in [2.75, 3.05) is 20.3 Å². The fourth-order valence-electron chi connectivity index (χ4n) is 3.49. The Kier molecular flexibility index (Phi) is 4.23. The van der Waals surface area contributed by atoms with E-state index >= 15 is 0 Å². The predicted molar refractivity (Wildman–Crippen MR) is 78.9 cm³/mol. The van der Waals surface area contributed by atoms with Gasteiger partial charge in [0.1, 0.15) is 5.82 Å². The molecule has 0 N–H and O–H groups in total. The van der Waals surface area contributed by atoms with Crippen molar-refractivity contribution in [3.8, 4) is 6.07 Å². The first-order valence-electron chi connectivity index (χ1n) is 7.59. The van der Waals surface area contributed by atoms with E-state index in [0.717, 1.165) is 0 Å². The van der Waals surface area contributed by atoms with Gasteiger partial charge in [-0.15, -0.1) is 0 Å². The number of likely N-dealkylation sites (N-methyl/N-ethyl adjacent to an activating group) is 1. The number of rotatable bonds is 3. The predicted octanol–water partition coefficient (Wildman–Crippen LogP) is 2.18. The molecule has 1 aromatic rings. The molecule has 2 unspecified atom stereocenters. The summed E-state index contributed by atoms with van der Waals surface area (Å²) in [5.41, 5.74) is 0.750. The first-order valence-corrected chi connectivity index (χ1v) is 7.59. The average Bonchev–Trinajstić information content (AvgIpc) is 2.47. The summed E-state index contributed by atoms with van der Waals surface area (Å²) in [5.74, 6) is -0.782. The number of Topliss-reactive ketones (excluding diaryl/α,β-unsaturated/α-hetero) is 1. The second kappa shape index (κ2) is 6.15. The van der Waals surface area contributed by atoms with E-state index in [-0.39, 0.29) is 35.8 Å². The maximum Gasteiger partial charge on any atom is 0.169 e. The molecule has 5 heteroatoms. The minimum Gasteiger partial charge on any atom is -0.378 e. The quantitative estimate of drug-likeness (QED) is 0.803. The highest BCUT2D eigenvalue weighted by Gasteiger charge is 2.40. The van der Waals surface area contributed by atoms with Gasteiger partial charge in [-0.05, 0) is 37.6 Å². The van der Waals surface area contributed by atoms with Crippen LogP contribution in [0.1, 0.15) is 28.8 Å². The topological polar surface area (TPSA) is 53.3 Å². The summed E-state index contributed by atoms with van der Waals surface area (Å²) >= 11 is 0. The number of hydrogen-bond donors (Lipinski definition) is 0. The maximum atomic E-state index is 14.2. The third-order valence-corrected chi connectivity index (χ3v) is 4.84. The number of fused-ring (bicyclic) bond motifs is 2.